The second-order valence-corrected chi connectivity index (χ2v) is 5.28. The highest BCUT2D eigenvalue weighted by molar-refractivity contribution is 9.08. The average Bonchev–Trinajstić information content (AvgIpc) is 2.78. The Kier molecular flexibility index (Phi) is 4.99. The standard InChI is InChI=1S/C15H14BrNO5/c1-2-7-22-15(21)12(18)8-10-9-5-3-4-6-11(9)17(16)13(10)14(19)20/h2-6,12,18H,1,7-8H2,(H,19,20). The summed E-state index contributed by atoms with van der Waals surface area (Å²) in [4.78, 5) is 23.1. The number of esters is 1. The third-order valence-corrected chi connectivity index (χ3v) is 3.88. The summed E-state index contributed by atoms with van der Waals surface area (Å²) in [5.41, 5.74) is 0.973. The van der Waals surface area contributed by atoms with Gasteiger partial charge in [0.25, 0.3) is 0 Å². The molecule has 0 saturated carbocycles. The van der Waals surface area contributed by atoms with E-state index in [0.717, 1.165) is 0 Å². The first-order valence-corrected chi connectivity index (χ1v) is 7.15. The Balaban J connectivity index is 2.41. The van der Waals surface area contributed by atoms with E-state index in [0.29, 0.717) is 16.5 Å². The Morgan fingerprint density at radius 2 is 2.09 bits per heavy atom. The summed E-state index contributed by atoms with van der Waals surface area (Å²) in [5.74, 6) is -1.97. The molecular weight excluding hydrogens is 354 g/mol. The van der Waals surface area contributed by atoms with E-state index in [9.17, 15) is 19.8 Å². The molecule has 7 heteroatoms. The Labute approximate surface area is 134 Å². The third-order valence-electron chi connectivity index (χ3n) is 3.14. The number of benzene rings is 1. The van der Waals surface area contributed by atoms with E-state index in [1.165, 1.54) is 9.67 Å². The Hall–Kier alpha value is -2.12. The molecule has 0 aliphatic carbocycles. The lowest BCUT2D eigenvalue weighted by atomic mass is 10.0. The Morgan fingerprint density at radius 3 is 2.73 bits per heavy atom. The molecule has 1 heterocycles. The molecule has 0 fully saturated rings. The molecule has 0 saturated heterocycles. The van der Waals surface area contributed by atoms with Crippen molar-refractivity contribution in [2.45, 2.75) is 12.5 Å². The molecule has 0 radical (unpaired) electrons. The van der Waals surface area contributed by atoms with Gasteiger partial charge in [0.2, 0.25) is 0 Å². The van der Waals surface area contributed by atoms with Gasteiger partial charge in [0, 0.05) is 11.8 Å². The van der Waals surface area contributed by atoms with Crippen LogP contribution in [0.25, 0.3) is 10.9 Å². The number of halogens is 1. The minimum Gasteiger partial charge on any atom is -0.477 e. The van der Waals surface area contributed by atoms with Crippen LogP contribution in [0.2, 0.25) is 0 Å². The summed E-state index contributed by atoms with van der Waals surface area (Å²) in [6.45, 7) is 3.40. The molecule has 2 N–H and O–H groups in total. The van der Waals surface area contributed by atoms with Gasteiger partial charge in [-0.2, -0.15) is 0 Å². The van der Waals surface area contributed by atoms with Gasteiger partial charge in [0.05, 0.1) is 21.7 Å². The lowest BCUT2D eigenvalue weighted by molar-refractivity contribution is -0.152. The number of aromatic carboxylic acids is 1. The minimum atomic E-state index is -1.45. The number of hydrogen-bond donors (Lipinski definition) is 2. The fraction of sp³-hybridized carbons (Fsp3) is 0.200. The smallest absolute Gasteiger partial charge is 0.353 e. The molecule has 0 amide bonds. The summed E-state index contributed by atoms with van der Waals surface area (Å²) in [6, 6.07) is 7.00. The van der Waals surface area contributed by atoms with Crippen LogP contribution in [0, 0.1) is 0 Å². The molecule has 1 aromatic heterocycles. The van der Waals surface area contributed by atoms with Crippen molar-refractivity contribution in [1.29, 1.82) is 0 Å². The number of para-hydroxylation sites is 1. The van der Waals surface area contributed by atoms with E-state index in [-0.39, 0.29) is 18.7 Å². The molecule has 2 rings (SSSR count). The number of hydrogen-bond acceptors (Lipinski definition) is 4. The van der Waals surface area contributed by atoms with Crippen LogP contribution in [-0.2, 0) is 16.0 Å². The molecular formula is C15H14BrNO5. The van der Waals surface area contributed by atoms with E-state index in [1.54, 1.807) is 24.3 Å². The van der Waals surface area contributed by atoms with Crippen LogP contribution in [0.3, 0.4) is 0 Å². The van der Waals surface area contributed by atoms with Crippen molar-refractivity contribution >= 4 is 39.0 Å². The maximum atomic E-state index is 11.6. The van der Waals surface area contributed by atoms with Crippen LogP contribution >= 0.6 is 16.1 Å². The third kappa shape index (κ3) is 3.05. The van der Waals surface area contributed by atoms with Crippen LogP contribution in [0.4, 0.5) is 0 Å². The molecule has 0 aliphatic rings. The normalized spacial score (nSPS) is 12.1. The summed E-state index contributed by atoms with van der Waals surface area (Å²) in [7, 11) is 0. The van der Waals surface area contributed by atoms with Crippen LogP contribution in [0.5, 0.6) is 0 Å². The molecule has 116 valence electrons. The van der Waals surface area contributed by atoms with E-state index in [2.05, 4.69) is 22.7 Å². The number of aliphatic hydroxyl groups is 1. The summed E-state index contributed by atoms with van der Waals surface area (Å²) in [6.07, 6.45) is -0.217. The number of rotatable bonds is 6. The fourth-order valence-electron chi connectivity index (χ4n) is 2.20. The van der Waals surface area contributed by atoms with Crippen molar-refractivity contribution in [3.8, 4) is 0 Å². The van der Waals surface area contributed by atoms with Gasteiger partial charge in [0.1, 0.15) is 12.3 Å². The van der Waals surface area contributed by atoms with Gasteiger partial charge in [0.15, 0.2) is 6.10 Å². The van der Waals surface area contributed by atoms with E-state index < -0.39 is 18.0 Å². The van der Waals surface area contributed by atoms with Gasteiger partial charge < -0.3 is 14.9 Å². The summed E-state index contributed by atoms with van der Waals surface area (Å²) >= 11 is 3.20. The topological polar surface area (TPSA) is 88.8 Å². The lowest BCUT2D eigenvalue weighted by Crippen LogP contribution is -2.26. The molecule has 0 aliphatic heterocycles. The van der Waals surface area contributed by atoms with Crippen LogP contribution < -0.4 is 0 Å². The molecule has 6 nitrogen and oxygen atoms in total. The van der Waals surface area contributed by atoms with E-state index in [4.69, 9.17) is 4.74 Å². The average molecular weight is 368 g/mol. The summed E-state index contributed by atoms with van der Waals surface area (Å²) < 4.78 is 6.12. The maximum absolute atomic E-state index is 11.6. The second-order valence-electron chi connectivity index (χ2n) is 4.57. The number of nitrogens with zero attached hydrogens (tertiary/aromatic N) is 1. The number of aliphatic hydroxyl groups excluding tert-OH is 1. The quantitative estimate of drug-likeness (QED) is 0.603. The fourth-order valence-corrected chi connectivity index (χ4v) is 2.88. The lowest BCUT2D eigenvalue weighted by Gasteiger charge is -2.10. The van der Waals surface area contributed by atoms with E-state index in [1.807, 2.05) is 0 Å². The van der Waals surface area contributed by atoms with Crippen molar-refractivity contribution < 1.29 is 24.5 Å². The number of carboxylic acids is 1. The number of aromatic nitrogens is 1. The molecule has 0 spiro atoms. The highest BCUT2D eigenvalue weighted by Gasteiger charge is 2.26. The van der Waals surface area contributed by atoms with Crippen molar-refractivity contribution in [2.75, 3.05) is 6.61 Å². The minimum absolute atomic E-state index is 0.0120. The SMILES string of the molecule is C=CCOC(=O)C(O)Cc1c(C(=O)O)n(Br)c2ccccc12. The first-order valence-electron chi connectivity index (χ1n) is 6.44. The summed E-state index contributed by atoms with van der Waals surface area (Å²) in [5, 5.41) is 20.0. The van der Waals surface area contributed by atoms with Gasteiger partial charge in [-0.3, -0.25) is 3.59 Å². The van der Waals surface area contributed by atoms with Crippen molar-refractivity contribution in [3.05, 3.63) is 48.2 Å². The second kappa shape index (κ2) is 6.76. The molecule has 1 atom stereocenters. The number of ether oxygens (including phenoxy) is 1. The van der Waals surface area contributed by atoms with Crippen molar-refractivity contribution in [2.24, 2.45) is 0 Å². The van der Waals surface area contributed by atoms with Gasteiger partial charge in [-0.05, 0) is 11.6 Å². The number of carbonyl (C=O) groups excluding carboxylic acids is 1. The number of fused-ring (bicyclic) bond motifs is 1. The number of carboxylic acid groups (broad SMARTS) is 1. The zero-order valence-corrected chi connectivity index (χ0v) is 13.1. The Bertz CT molecular complexity index is 737. The van der Waals surface area contributed by atoms with Gasteiger partial charge in [-0.25, -0.2) is 9.59 Å². The zero-order valence-electron chi connectivity index (χ0n) is 11.5. The largest absolute Gasteiger partial charge is 0.477 e. The van der Waals surface area contributed by atoms with Crippen LogP contribution in [0.15, 0.2) is 36.9 Å². The Morgan fingerprint density at radius 1 is 1.41 bits per heavy atom. The van der Waals surface area contributed by atoms with Gasteiger partial charge >= 0.3 is 11.9 Å². The monoisotopic (exact) mass is 367 g/mol. The first-order chi connectivity index (χ1) is 10.5. The predicted octanol–water partition coefficient (Wildman–Crippen LogP) is 2.13. The molecule has 22 heavy (non-hydrogen) atoms. The highest BCUT2D eigenvalue weighted by Crippen LogP contribution is 2.29. The highest BCUT2D eigenvalue weighted by atomic mass is 79.9. The van der Waals surface area contributed by atoms with Crippen molar-refractivity contribution in [3.63, 3.8) is 0 Å². The van der Waals surface area contributed by atoms with Crippen LogP contribution in [-0.4, -0.2) is 38.5 Å². The van der Waals surface area contributed by atoms with Crippen LogP contribution in [0.1, 0.15) is 16.1 Å². The van der Waals surface area contributed by atoms with Gasteiger partial charge in [-0.15, -0.1) is 0 Å². The molecule has 2 aromatic rings. The van der Waals surface area contributed by atoms with E-state index >= 15 is 0 Å². The zero-order chi connectivity index (χ0) is 16.3. The van der Waals surface area contributed by atoms with Crippen molar-refractivity contribution in [1.82, 2.24) is 3.59 Å². The molecule has 1 aromatic carbocycles. The first kappa shape index (κ1) is 16.3. The molecule has 1 unspecified atom stereocenters. The maximum Gasteiger partial charge on any atom is 0.353 e. The number of carbonyl (C=O) groups is 2. The molecule has 0 bridgehead atoms. The predicted molar refractivity (Wildman–Crippen MR) is 84.1 cm³/mol. The van der Waals surface area contributed by atoms with Gasteiger partial charge in [-0.1, -0.05) is 30.9 Å².